The summed E-state index contributed by atoms with van der Waals surface area (Å²) in [7, 11) is 1.59. The number of likely N-dealkylation sites (N-methyl/N-ethyl adjacent to an activating group) is 1. The zero-order valence-electron chi connectivity index (χ0n) is 12.3. The Bertz CT molecular complexity index is 457. The lowest BCUT2D eigenvalue weighted by Crippen LogP contribution is -2.33. The van der Waals surface area contributed by atoms with Crippen LogP contribution in [0.5, 0.6) is 5.75 Å². The van der Waals surface area contributed by atoms with Gasteiger partial charge in [0.15, 0.2) is 5.75 Å². The molecule has 0 saturated carbocycles. The second kappa shape index (κ2) is 9.44. The molecular formula is C14H21ClN2O4. The summed E-state index contributed by atoms with van der Waals surface area (Å²) in [6, 6.07) is 4.76. The average molecular weight is 317 g/mol. The highest BCUT2D eigenvalue weighted by molar-refractivity contribution is 6.32. The molecule has 7 heteroatoms. The van der Waals surface area contributed by atoms with E-state index in [4.69, 9.17) is 26.2 Å². The maximum atomic E-state index is 11.9. The topological polar surface area (TPSA) is 71.0 Å². The van der Waals surface area contributed by atoms with E-state index in [-0.39, 0.29) is 19.2 Å². The standard InChI is InChI=1S/C14H21ClN2O4/c1-3-20-9-10-21-13-11(15)5-4-6-12(13)16-14(19)17(2)7-8-18/h4-6,18H,3,7-10H2,1-2H3,(H,16,19). The first-order chi connectivity index (χ1) is 10.1. The lowest BCUT2D eigenvalue weighted by atomic mass is 10.3. The van der Waals surface area contributed by atoms with Crippen LogP contribution >= 0.6 is 11.6 Å². The molecule has 1 aromatic carbocycles. The van der Waals surface area contributed by atoms with Crippen molar-refractivity contribution < 1.29 is 19.4 Å². The first kappa shape index (κ1) is 17.6. The summed E-state index contributed by atoms with van der Waals surface area (Å²) < 4.78 is 10.8. The van der Waals surface area contributed by atoms with Crippen LogP contribution in [0.3, 0.4) is 0 Å². The number of halogens is 1. The van der Waals surface area contributed by atoms with Gasteiger partial charge in [-0.25, -0.2) is 4.79 Å². The smallest absolute Gasteiger partial charge is 0.321 e. The van der Waals surface area contributed by atoms with Crippen LogP contribution in [0.25, 0.3) is 0 Å². The lowest BCUT2D eigenvalue weighted by Gasteiger charge is -2.19. The number of nitrogens with zero attached hydrogens (tertiary/aromatic N) is 1. The van der Waals surface area contributed by atoms with Gasteiger partial charge < -0.3 is 24.8 Å². The fourth-order valence-electron chi connectivity index (χ4n) is 1.56. The fraction of sp³-hybridized carbons (Fsp3) is 0.500. The quantitative estimate of drug-likeness (QED) is 0.721. The van der Waals surface area contributed by atoms with Crippen LogP contribution in [-0.4, -0.2) is 56.1 Å². The maximum absolute atomic E-state index is 11.9. The van der Waals surface area contributed by atoms with E-state index in [0.29, 0.717) is 36.3 Å². The number of aliphatic hydroxyl groups is 1. The van der Waals surface area contributed by atoms with E-state index in [0.717, 1.165) is 0 Å². The summed E-state index contributed by atoms with van der Waals surface area (Å²) in [4.78, 5) is 13.3. The summed E-state index contributed by atoms with van der Waals surface area (Å²) in [5.41, 5.74) is 0.480. The van der Waals surface area contributed by atoms with Crippen LogP contribution in [0.2, 0.25) is 5.02 Å². The average Bonchev–Trinajstić information content (AvgIpc) is 2.46. The van der Waals surface area contributed by atoms with E-state index >= 15 is 0 Å². The summed E-state index contributed by atoms with van der Waals surface area (Å²) in [5.74, 6) is 0.407. The third-order valence-electron chi connectivity index (χ3n) is 2.67. The number of aliphatic hydroxyl groups excluding tert-OH is 1. The Balaban J connectivity index is 2.72. The molecule has 0 bridgehead atoms. The summed E-state index contributed by atoms with van der Waals surface area (Å²) in [5, 5.41) is 11.9. The molecule has 0 radical (unpaired) electrons. The first-order valence-corrected chi connectivity index (χ1v) is 7.10. The zero-order valence-corrected chi connectivity index (χ0v) is 13.0. The molecule has 0 aliphatic carbocycles. The van der Waals surface area contributed by atoms with E-state index in [2.05, 4.69) is 5.32 Å². The lowest BCUT2D eigenvalue weighted by molar-refractivity contribution is 0.110. The molecule has 0 aliphatic heterocycles. The molecule has 0 unspecified atom stereocenters. The number of nitrogens with one attached hydrogen (secondary N) is 1. The fourth-order valence-corrected chi connectivity index (χ4v) is 1.79. The zero-order chi connectivity index (χ0) is 15.7. The number of rotatable bonds is 8. The van der Waals surface area contributed by atoms with Crippen molar-refractivity contribution in [1.29, 1.82) is 0 Å². The van der Waals surface area contributed by atoms with Crippen LogP contribution in [0.1, 0.15) is 6.92 Å². The molecule has 1 rings (SSSR count). The number of anilines is 1. The number of ether oxygens (including phenoxy) is 2. The van der Waals surface area contributed by atoms with Crippen LogP contribution in [-0.2, 0) is 4.74 Å². The molecule has 0 spiro atoms. The van der Waals surface area contributed by atoms with Gasteiger partial charge >= 0.3 is 6.03 Å². The Labute approximate surface area is 129 Å². The van der Waals surface area contributed by atoms with Gasteiger partial charge in [0.05, 0.1) is 23.9 Å². The van der Waals surface area contributed by atoms with E-state index in [1.807, 2.05) is 6.92 Å². The van der Waals surface area contributed by atoms with Crippen molar-refractivity contribution in [1.82, 2.24) is 4.90 Å². The molecular weight excluding hydrogens is 296 g/mol. The van der Waals surface area contributed by atoms with Crippen LogP contribution in [0.4, 0.5) is 10.5 Å². The van der Waals surface area contributed by atoms with Crippen molar-refractivity contribution in [3.8, 4) is 5.75 Å². The van der Waals surface area contributed by atoms with Crippen molar-refractivity contribution in [3.63, 3.8) is 0 Å². The molecule has 0 heterocycles. The van der Waals surface area contributed by atoms with Gasteiger partial charge in [-0.15, -0.1) is 0 Å². The van der Waals surface area contributed by atoms with Crippen molar-refractivity contribution in [2.24, 2.45) is 0 Å². The number of hydrogen-bond donors (Lipinski definition) is 2. The van der Waals surface area contributed by atoms with Crippen LogP contribution in [0, 0.1) is 0 Å². The van der Waals surface area contributed by atoms with Crippen molar-refractivity contribution >= 4 is 23.3 Å². The van der Waals surface area contributed by atoms with Gasteiger partial charge in [0.25, 0.3) is 0 Å². The molecule has 0 fully saturated rings. The minimum atomic E-state index is -0.346. The molecule has 6 nitrogen and oxygen atoms in total. The number of carbonyl (C=O) groups is 1. The highest BCUT2D eigenvalue weighted by Gasteiger charge is 2.14. The van der Waals surface area contributed by atoms with Crippen molar-refractivity contribution in [2.75, 3.05) is 45.3 Å². The molecule has 0 saturated heterocycles. The predicted octanol–water partition coefficient (Wildman–Crippen LogP) is 2.21. The Hall–Kier alpha value is -1.50. The van der Waals surface area contributed by atoms with Gasteiger partial charge in [-0.2, -0.15) is 0 Å². The van der Waals surface area contributed by atoms with E-state index in [9.17, 15) is 4.79 Å². The Morgan fingerprint density at radius 2 is 2.19 bits per heavy atom. The second-order valence-electron chi connectivity index (χ2n) is 4.24. The Morgan fingerprint density at radius 1 is 1.43 bits per heavy atom. The van der Waals surface area contributed by atoms with E-state index in [1.54, 1.807) is 25.2 Å². The van der Waals surface area contributed by atoms with Gasteiger partial charge in [0.2, 0.25) is 0 Å². The normalized spacial score (nSPS) is 10.3. The van der Waals surface area contributed by atoms with Crippen LogP contribution in [0.15, 0.2) is 18.2 Å². The highest BCUT2D eigenvalue weighted by Crippen LogP contribution is 2.33. The van der Waals surface area contributed by atoms with Crippen molar-refractivity contribution in [3.05, 3.63) is 23.2 Å². The Morgan fingerprint density at radius 3 is 2.86 bits per heavy atom. The molecule has 1 aromatic rings. The van der Waals surface area contributed by atoms with Crippen LogP contribution < -0.4 is 10.1 Å². The molecule has 0 atom stereocenters. The monoisotopic (exact) mass is 316 g/mol. The number of carbonyl (C=O) groups excluding carboxylic acids is 1. The molecule has 2 amide bonds. The third-order valence-corrected chi connectivity index (χ3v) is 2.97. The largest absolute Gasteiger partial charge is 0.487 e. The first-order valence-electron chi connectivity index (χ1n) is 6.72. The van der Waals surface area contributed by atoms with Gasteiger partial charge in [-0.05, 0) is 19.1 Å². The molecule has 0 aliphatic rings. The number of benzene rings is 1. The highest BCUT2D eigenvalue weighted by atomic mass is 35.5. The molecule has 118 valence electrons. The van der Waals surface area contributed by atoms with Gasteiger partial charge in [-0.3, -0.25) is 0 Å². The summed E-state index contributed by atoms with van der Waals surface area (Å²) >= 11 is 6.10. The van der Waals surface area contributed by atoms with Gasteiger partial charge in [0, 0.05) is 20.2 Å². The molecule has 0 aromatic heterocycles. The number of para-hydroxylation sites is 1. The molecule has 21 heavy (non-hydrogen) atoms. The minimum Gasteiger partial charge on any atom is -0.487 e. The predicted molar refractivity (Wildman–Crippen MR) is 82.2 cm³/mol. The van der Waals surface area contributed by atoms with E-state index < -0.39 is 0 Å². The van der Waals surface area contributed by atoms with E-state index in [1.165, 1.54) is 4.90 Å². The maximum Gasteiger partial charge on any atom is 0.321 e. The SMILES string of the molecule is CCOCCOc1c(Cl)cccc1NC(=O)N(C)CCO. The third kappa shape index (κ3) is 5.79. The Kier molecular flexibility index (Phi) is 7.89. The summed E-state index contributed by atoms with van der Waals surface area (Å²) in [6.07, 6.45) is 0. The number of amides is 2. The van der Waals surface area contributed by atoms with Gasteiger partial charge in [0.1, 0.15) is 6.61 Å². The van der Waals surface area contributed by atoms with Crippen molar-refractivity contribution in [2.45, 2.75) is 6.92 Å². The number of hydrogen-bond acceptors (Lipinski definition) is 4. The number of urea groups is 1. The minimum absolute atomic E-state index is 0.100. The summed E-state index contributed by atoms with van der Waals surface area (Å²) in [6.45, 7) is 3.44. The molecule has 2 N–H and O–H groups in total. The second-order valence-corrected chi connectivity index (χ2v) is 4.64. The van der Waals surface area contributed by atoms with Gasteiger partial charge in [-0.1, -0.05) is 17.7 Å².